The van der Waals surface area contributed by atoms with Gasteiger partial charge in [0.25, 0.3) is 0 Å². The Labute approximate surface area is 128 Å². The molecule has 1 aromatic rings. The first kappa shape index (κ1) is 13.6. The lowest BCUT2D eigenvalue weighted by Crippen LogP contribution is -2.58. The topological polar surface area (TPSA) is 18.5 Å². The summed E-state index contributed by atoms with van der Waals surface area (Å²) in [5, 5.41) is 3.59. The van der Waals surface area contributed by atoms with Crippen molar-refractivity contribution < 1.29 is 0 Å². The monoisotopic (exact) mass is 285 g/mol. The number of hydrogen-bond acceptors (Lipinski definition) is 3. The van der Waals surface area contributed by atoms with Gasteiger partial charge in [-0.05, 0) is 43.9 Å². The standard InChI is InChI=1S/C18H27N3/c1-14-11-20-10-3-2-7-17(20)13-21(14)12-16-6-4-5-15-8-9-19-18(15)16/h4-6,14,17,19H,2-3,7-13H2,1H3. The number of para-hydroxylation sites is 1. The average Bonchev–Trinajstić information content (AvgIpc) is 2.97. The second-order valence-corrected chi connectivity index (χ2v) is 7.05. The quantitative estimate of drug-likeness (QED) is 0.901. The van der Waals surface area contributed by atoms with Gasteiger partial charge in [-0.15, -0.1) is 0 Å². The number of piperidine rings is 1. The largest absolute Gasteiger partial charge is 0.384 e. The summed E-state index contributed by atoms with van der Waals surface area (Å²) in [6.07, 6.45) is 5.41. The fourth-order valence-electron chi connectivity index (χ4n) is 4.39. The summed E-state index contributed by atoms with van der Waals surface area (Å²) in [6, 6.07) is 8.32. The molecule has 2 saturated heterocycles. The molecular weight excluding hydrogens is 258 g/mol. The number of benzene rings is 1. The van der Waals surface area contributed by atoms with Crippen molar-refractivity contribution in [1.29, 1.82) is 0 Å². The van der Waals surface area contributed by atoms with Crippen molar-refractivity contribution in [1.82, 2.24) is 9.80 Å². The maximum atomic E-state index is 3.59. The molecule has 0 bridgehead atoms. The summed E-state index contributed by atoms with van der Waals surface area (Å²) in [5.74, 6) is 0. The maximum absolute atomic E-state index is 3.59. The zero-order chi connectivity index (χ0) is 14.2. The molecule has 2 fully saturated rings. The van der Waals surface area contributed by atoms with E-state index in [0.29, 0.717) is 6.04 Å². The molecule has 2 atom stereocenters. The molecule has 0 saturated carbocycles. The molecule has 3 nitrogen and oxygen atoms in total. The number of hydrogen-bond donors (Lipinski definition) is 1. The van der Waals surface area contributed by atoms with Crippen LogP contribution < -0.4 is 5.32 Å². The molecule has 0 spiro atoms. The van der Waals surface area contributed by atoms with E-state index in [-0.39, 0.29) is 0 Å². The molecule has 4 rings (SSSR count). The van der Waals surface area contributed by atoms with E-state index in [4.69, 9.17) is 0 Å². The smallest absolute Gasteiger partial charge is 0.0419 e. The van der Waals surface area contributed by atoms with Gasteiger partial charge in [-0.1, -0.05) is 24.6 Å². The van der Waals surface area contributed by atoms with Crippen LogP contribution in [0.15, 0.2) is 18.2 Å². The number of nitrogens with one attached hydrogen (secondary N) is 1. The Morgan fingerprint density at radius 1 is 1.24 bits per heavy atom. The van der Waals surface area contributed by atoms with Crippen molar-refractivity contribution >= 4 is 5.69 Å². The summed E-state index contributed by atoms with van der Waals surface area (Å²) in [4.78, 5) is 5.44. The van der Waals surface area contributed by atoms with Gasteiger partial charge in [0.2, 0.25) is 0 Å². The van der Waals surface area contributed by atoms with Crippen LogP contribution in [0.3, 0.4) is 0 Å². The van der Waals surface area contributed by atoms with Crippen LogP contribution >= 0.6 is 0 Å². The number of nitrogens with zero attached hydrogens (tertiary/aromatic N) is 2. The fourth-order valence-corrected chi connectivity index (χ4v) is 4.39. The third-order valence-electron chi connectivity index (χ3n) is 5.62. The summed E-state index contributed by atoms with van der Waals surface area (Å²) in [6.45, 7) is 8.46. The molecule has 1 N–H and O–H groups in total. The molecule has 3 heterocycles. The fraction of sp³-hybridized carbons (Fsp3) is 0.667. The van der Waals surface area contributed by atoms with Gasteiger partial charge in [-0.3, -0.25) is 9.80 Å². The van der Waals surface area contributed by atoms with E-state index in [1.165, 1.54) is 62.1 Å². The van der Waals surface area contributed by atoms with Crippen LogP contribution in [0.4, 0.5) is 5.69 Å². The van der Waals surface area contributed by atoms with Crippen LogP contribution in [0.5, 0.6) is 0 Å². The number of fused-ring (bicyclic) bond motifs is 2. The van der Waals surface area contributed by atoms with Crippen molar-refractivity contribution in [3.05, 3.63) is 29.3 Å². The Bertz CT molecular complexity index is 513. The SMILES string of the molecule is CC1CN2CCCCC2CN1Cc1cccc2c1NCC2. The van der Waals surface area contributed by atoms with Crippen LogP contribution in [0.2, 0.25) is 0 Å². The minimum absolute atomic E-state index is 0.677. The van der Waals surface area contributed by atoms with E-state index in [9.17, 15) is 0 Å². The Balaban J connectivity index is 1.50. The first-order chi connectivity index (χ1) is 10.3. The van der Waals surface area contributed by atoms with Gasteiger partial charge in [0, 0.05) is 44.0 Å². The van der Waals surface area contributed by atoms with Gasteiger partial charge in [-0.2, -0.15) is 0 Å². The number of piperazine rings is 1. The third-order valence-corrected chi connectivity index (χ3v) is 5.62. The molecule has 3 aliphatic rings. The van der Waals surface area contributed by atoms with Gasteiger partial charge in [-0.25, -0.2) is 0 Å². The molecule has 2 unspecified atom stereocenters. The van der Waals surface area contributed by atoms with Crippen molar-refractivity contribution in [3.63, 3.8) is 0 Å². The molecule has 21 heavy (non-hydrogen) atoms. The van der Waals surface area contributed by atoms with Crippen molar-refractivity contribution in [2.75, 3.05) is 31.5 Å². The van der Waals surface area contributed by atoms with Gasteiger partial charge >= 0.3 is 0 Å². The highest BCUT2D eigenvalue weighted by Gasteiger charge is 2.33. The average molecular weight is 285 g/mol. The van der Waals surface area contributed by atoms with Gasteiger partial charge in [0.15, 0.2) is 0 Å². The van der Waals surface area contributed by atoms with Crippen molar-refractivity contribution in [2.45, 2.75) is 51.2 Å². The predicted octanol–water partition coefficient (Wildman–Crippen LogP) is 2.71. The van der Waals surface area contributed by atoms with Gasteiger partial charge < -0.3 is 5.32 Å². The van der Waals surface area contributed by atoms with Gasteiger partial charge in [0.1, 0.15) is 0 Å². The summed E-state index contributed by atoms with van der Waals surface area (Å²) < 4.78 is 0. The summed E-state index contributed by atoms with van der Waals surface area (Å²) in [5.41, 5.74) is 4.44. The highest BCUT2D eigenvalue weighted by Crippen LogP contribution is 2.30. The molecule has 1 aromatic carbocycles. The molecular formula is C18H27N3. The summed E-state index contributed by atoms with van der Waals surface area (Å²) >= 11 is 0. The molecule has 0 amide bonds. The van der Waals surface area contributed by atoms with Crippen LogP contribution in [0, 0.1) is 0 Å². The van der Waals surface area contributed by atoms with E-state index in [2.05, 4.69) is 40.2 Å². The molecule has 0 aromatic heterocycles. The highest BCUT2D eigenvalue weighted by atomic mass is 15.3. The predicted molar refractivity (Wildman–Crippen MR) is 87.7 cm³/mol. The lowest BCUT2D eigenvalue weighted by atomic mass is 9.96. The first-order valence-electron chi connectivity index (χ1n) is 8.64. The minimum Gasteiger partial charge on any atom is -0.384 e. The normalized spacial score (nSPS) is 29.8. The first-order valence-corrected chi connectivity index (χ1v) is 8.64. The van der Waals surface area contributed by atoms with E-state index in [0.717, 1.165) is 19.1 Å². The van der Waals surface area contributed by atoms with Gasteiger partial charge in [0.05, 0.1) is 0 Å². The van der Waals surface area contributed by atoms with E-state index in [1.54, 1.807) is 0 Å². The Kier molecular flexibility index (Phi) is 3.64. The van der Waals surface area contributed by atoms with Crippen LogP contribution in [0.25, 0.3) is 0 Å². The molecule has 3 heteroatoms. The van der Waals surface area contributed by atoms with Crippen LogP contribution in [-0.4, -0.2) is 48.1 Å². The van der Waals surface area contributed by atoms with Crippen LogP contribution in [-0.2, 0) is 13.0 Å². The zero-order valence-electron chi connectivity index (χ0n) is 13.1. The lowest BCUT2D eigenvalue weighted by molar-refractivity contribution is 0.0112. The highest BCUT2D eigenvalue weighted by molar-refractivity contribution is 5.61. The molecule has 0 radical (unpaired) electrons. The lowest BCUT2D eigenvalue weighted by Gasteiger charge is -2.47. The van der Waals surface area contributed by atoms with E-state index in [1.807, 2.05) is 0 Å². The zero-order valence-corrected chi connectivity index (χ0v) is 13.1. The number of rotatable bonds is 2. The molecule has 3 aliphatic heterocycles. The second-order valence-electron chi connectivity index (χ2n) is 7.05. The Morgan fingerprint density at radius 2 is 2.19 bits per heavy atom. The van der Waals surface area contributed by atoms with E-state index >= 15 is 0 Å². The number of anilines is 1. The summed E-state index contributed by atoms with van der Waals surface area (Å²) in [7, 11) is 0. The minimum atomic E-state index is 0.677. The molecule has 114 valence electrons. The van der Waals surface area contributed by atoms with Crippen molar-refractivity contribution in [2.24, 2.45) is 0 Å². The molecule has 0 aliphatic carbocycles. The third kappa shape index (κ3) is 2.58. The Hall–Kier alpha value is -1.06. The van der Waals surface area contributed by atoms with Crippen molar-refractivity contribution in [3.8, 4) is 0 Å². The second kappa shape index (κ2) is 5.62. The maximum Gasteiger partial charge on any atom is 0.0419 e. The van der Waals surface area contributed by atoms with E-state index < -0.39 is 0 Å². The Morgan fingerprint density at radius 3 is 3.14 bits per heavy atom. The van der Waals surface area contributed by atoms with Crippen LogP contribution in [0.1, 0.15) is 37.3 Å².